The molecule has 3 rings (SSSR count). The van der Waals surface area contributed by atoms with E-state index >= 15 is 0 Å². The number of halogens is 1. The lowest BCUT2D eigenvalue weighted by Crippen LogP contribution is -2.32. The number of oxime groups is 1. The van der Waals surface area contributed by atoms with E-state index in [2.05, 4.69) is 17.1 Å². The number of nitrogens with one attached hydrogen (secondary N) is 1. The second-order valence-corrected chi connectivity index (χ2v) is 6.23. The summed E-state index contributed by atoms with van der Waals surface area (Å²) in [7, 11) is 0. The number of carbonyl (C=O) groups is 1. The third kappa shape index (κ3) is 5.41. The normalized spacial score (nSPS) is 15.6. The van der Waals surface area contributed by atoms with Gasteiger partial charge in [-0.1, -0.05) is 36.0 Å². The maximum Gasteiger partial charge on any atom is 0.251 e. The topological polar surface area (TPSA) is 59.9 Å². The molecule has 0 fully saturated rings. The lowest BCUT2D eigenvalue weighted by molar-refractivity contribution is 0.0753. The van der Waals surface area contributed by atoms with Crippen LogP contribution in [0.2, 0.25) is 0 Å². The summed E-state index contributed by atoms with van der Waals surface area (Å²) in [6.07, 6.45) is 2.55. The van der Waals surface area contributed by atoms with Gasteiger partial charge in [-0.3, -0.25) is 4.79 Å². The molecule has 1 N–H and O–H groups in total. The third-order valence-electron chi connectivity index (χ3n) is 4.05. The summed E-state index contributed by atoms with van der Waals surface area (Å²) >= 11 is 0. The largest absolute Gasteiger partial charge is 0.490 e. The summed E-state index contributed by atoms with van der Waals surface area (Å²) in [5, 5.41) is 6.90. The van der Waals surface area contributed by atoms with Crippen LogP contribution in [0.3, 0.4) is 0 Å². The van der Waals surface area contributed by atoms with Crippen molar-refractivity contribution in [2.45, 2.75) is 18.9 Å². The molecule has 2 aromatic rings. The zero-order valence-electron chi connectivity index (χ0n) is 14.9. The Morgan fingerprint density at radius 1 is 1.33 bits per heavy atom. The second-order valence-electron chi connectivity index (χ2n) is 6.23. The average molecular weight is 368 g/mol. The minimum Gasteiger partial charge on any atom is -0.490 e. The predicted molar refractivity (Wildman–Crippen MR) is 101 cm³/mol. The highest BCUT2D eigenvalue weighted by Gasteiger charge is 2.22. The SMILES string of the molecule is C=CCOc1cccc(C(=O)NC[C@H]2CC(Cc3cccc(F)c3)=NO2)c1. The smallest absolute Gasteiger partial charge is 0.251 e. The van der Waals surface area contributed by atoms with E-state index in [1.54, 1.807) is 36.4 Å². The van der Waals surface area contributed by atoms with Crippen LogP contribution < -0.4 is 10.1 Å². The van der Waals surface area contributed by atoms with E-state index in [4.69, 9.17) is 9.57 Å². The molecule has 5 nitrogen and oxygen atoms in total. The second kappa shape index (κ2) is 8.98. The Labute approximate surface area is 157 Å². The van der Waals surface area contributed by atoms with Crippen LogP contribution in [0.4, 0.5) is 4.39 Å². The molecule has 0 bridgehead atoms. The number of ether oxygens (including phenoxy) is 1. The van der Waals surface area contributed by atoms with Gasteiger partial charge in [0.2, 0.25) is 0 Å². The number of carbonyl (C=O) groups excluding carboxylic acids is 1. The maximum atomic E-state index is 13.3. The summed E-state index contributed by atoms with van der Waals surface area (Å²) in [6, 6.07) is 13.4. The van der Waals surface area contributed by atoms with Crippen LogP contribution in [0.1, 0.15) is 22.3 Å². The molecule has 27 heavy (non-hydrogen) atoms. The van der Waals surface area contributed by atoms with E-state index in [-0.39, 0.29) is 17.8 Å². The molecule has 0 aliphatic carbocycles. The molecule has 1 atom stereocenters. The van der Waals surface area contributed by atoms with Crippen molar-refractivity contribution in [3.63, 3.8) is 0 Å². The van der Waals surface area contributed by atoms with Crippen molar-refractivity contribution in [1.29, 1.82) is 0 Å². The standard InChI is InChI=1S/C21H21FN2O3/c1-2-9-26-19-8-4-6-16(12-19)21(25)23-14-20-13-18(24-27-20)11-15-5-3-7-17(22)10-15/h2-8,10,12,20H,1,9,11,13-14H2,(H,23,25)/t20-/m1/s1. The number of hydrogen-bond acceptors (Lipinski definition) is 4. The summed E-state index contributed by atoms with van der Waals surface area (Å²) in [5.74, 6) is 0.136. The van der Waals surface area contributed by atoms with Crippen molar-refractivity contribution in [2.24, 2.45) is 5.16 Å². The fourth-order valence-corrected chi connectivity index (χ4v) is 2.77. The van der Waals surface area contributed by atoms with Gasteiger partial charge < -0.3 is 14.9 Å². The molecule has 2 aromatic carbocycles. The van der Waals surface area contributed by atoms with Gasteiger partial charge in [0.1, 0.15) is 24.3 Å². The maximum absolute atomic E-state index is 13.3. The zero-order chi connectivity index (χ0) is 19.1. The van der Waals surface area contributed by atoms with Crippen molar-refractivity contribution in [1.82, 2.24) is 5.32 Å². The highest BCUT2D eigenvalue weighted by atomic mass is 19.1. The minimum absolute atomic E-state index is 0.207. The summed E-state index contributed by atoms with van der Waals surface area (Å²) < 4.78 is 18.7. The Hall–Kier alpha value is -3.15. The molecular weight excluding hydrogens is 347 g/mol. The number of benzene rings is 2. The van der Waals surface area contributed by atoms with Gasteiger partial charge in [-0.15, -0.1) is 0 Å². The van der Waals surface area contributed by atoms with Gasteiger partial charge in [0, 0.05) is 18.4 Å². The van der Waals surface area contributed by atoms with Gasteiger partial charge in [0.15, 0.2) is 0 Å². The first-order valence-corrected chi connectivity index (χ1v) is 8.72. The first-order chi connectivity index (χ1) is 13.1. The number of hydrogen-bond donors (Lipinski definition) is 1. The van der Waals surface area contributed by atoms with Crippen LogP contribution in [0, 0.1) is 5.82 Å². The number of amides is 1. The zero-order valence-corrected chi connectivity index (χ0v) is 14.9. The van der Waals surface area contributed by atoms with Crippen molar-refractivity contribution in [3.05, 3.63) is 78.1 Å². The molecule has 0 unspecified atom stereocenters. The van der Waals surface area contributed by atoms with E-state index < -0.39 is 0 Å². The van der Waals surface area contributed by atoms with Gasteiger partial charge in [-0.05, 0) is 35.9 Å². The van der Waals surface area contributed by atoms with Crippen LogP contribution in [0.5, 0.6) is 5.75 Å². The van der Waals surface area contributed by atoms with Crippen LogP contribution in [-0.2, 0) is 11.3 Å². The lowest BCUT2D eigenvalue weighted by atomic mass is 10.0. The Balaban J connectivity index is 1.47. The van der Waals surface area contributed by atoms with Crippen molar-refractivity contribution in [2.75, 3.05) is 13.2 Å². The fourth-order valence-electron chi connectivity index (χ4n) is 2.77. The summed E-state index contributed by atoms with van der Waals surface area (Å²) in [4.78, 5) is 17.7. The van der Waals surface area contributed by atoms with Crippen molar-refractivity contribution < 1.29 is 18.8 Å². The lowest BCUT2D eigenvalue weighted by Gasteiger charge is -2.11. The fraction of sp³-hybridized carbons (Fsp3) is 0.238. The third-order valence-corrected chi connectivity index (χ3v) is 4.05. The first kappa shape index (κ1) is 18.6. The molecule has 140 valence electrons. The monoisotopic (exact) mass is 368 g/mol. The quantitative estimate of drug-likeness (QED) is 0.726. The van der Waals surface area contributed by atoms with E-state index in [0.717, 1.165) is 11.3 Å². The Morgan fingerprint density at radius 3 is 3.00 bits per heavy atom. The van der Waals surface area contributed by atoms with E-state index in [1.807, 2.05) is 6.07 Å². The van der Waals surface area contributed by atoms with Crippen LogP contribution in [0.25, 0.3) is 0 Å². The van der Waals surface area contributed by atoms with Gasteiger partial charge in [-0.2, -0.15) is 0 Å². The molecule has 1 aliphatic heterocycles. The van der Waals surface area contributed by atoms with E-state index in [1.165, 1.54) is 12.1 Å². The van der Waals surface area contributed by atoms with Gasteiger partial charge in [0.05, 0.1) is 12.3 Å². The molecular formula is C21H21FN2O3. The van der Waals surface area contributed by atoms with Crippen LogP contribution in [-0.4, -0.2) is 30.9 Å². The van der Waals surface area contributed by atoms with Crippen LogP contribution >= 0.6 is 0 Å². The van der Waals surface area contributed by atoms with Gasteiger partial charge in [0.25, 0.3) is 5.91 Å². The predicted octanol–water partition coefficient (Wildman–Crippen LogP) is 3.51. The Morgan fingerprint density at radius 2 is 2.19 bits per heavy atom. The summed E-state index contributed by atoms with van der Waals surface area (Å²) in [6.45, 7) is 4.32. The Kier molecular flexibility index (Phi) is 6.20. The van der Waals surface area contributed by atoms with Crippen LogP contribution in [0.15, 0.2) is 66.3 Å². The van der Waals surface area contributed by atoms with Crippen molar-refractivity contribution >= 4 is 11.6 Å². The number of nitrogens with zero attached hydrogens (tertiary/aromatic N) is 1. The highest BCUT2D eigenvalue weighted by Crippen LogP contribution is 2.16. The molecule has 0 aromatic heterocycles. The molecule has 1 amide bonds. The molecule has 0 spiro atoms. The molecule has 1 aliphatic rings. The molecule has 0 radical (unpaired) electrons. The minimum atomic E-state index is -0.268. The van der Waals surface area contributed by atoms with E-state index in [9.17, 15) is 9.18 Å². The van der Waals surface area contributed by atoms with Gasteiger partial charge >= 0.3 is 0 Å². The highest BCUT2D eigenvalue weighted by molar-refractivity contribution is 5.94. The molecule has 1 heterocycles. The van der Waals surface area contributed by atoms with Crippen molar-refractivity contribution in [3.8, 4) is 5.75 Å². The van der Waals surface area contributed by atoms with Gasteiger partial charge in [-0.25, -0.2) is 4.39 Å². The first-order valence-electron chi connectivity index (χ1n) is 8.72. The number of rotatable bonds is 8. The molecule has 0 saturated heterocycles. The molecule has 0 saturated carbocycles. The van der Waals surface area contributed by atoms with E-state index in [0.29, 0.717) is 37.3 Å². The molecule has 6 heteroatoms. The Bertz CT molecular complexity index is 851. The average Bonchev–Trinajstić information content (AvgIpc) is 3.12. The summed E-state index contributed by atoms with van der Waals surface area (Å²) in [5.41, 5.74) is 2.19.